The molecule has 0 spiro atoms. The summed E-state index contributed by atoms with van der Waals surface area (Å²) in [6, 6.07) is 0. The Labute approximate surface area is 442 Å². The van der Waals surface area contributed by atoms with Crippen LogP contribution >= 0.6 is 0 Å². The molecule has 0 amide bonds. The summed E-state index contributed by atoms with van der Waals surface area (Å²) in [5.74, 6) is -33.5. The Morgan fingerprint density at radius 3 is 0.671 bits per heavy atom. The Balaban J connectivity index is 0. The van der Waals surface area contributed by atoms with Crippen LogP contribution in [0.15, 0.2) is 19.7 Å². The van der Waals surface area contributed by atoms with Gasteiger partial charge in [-0.2, -0.15) is 87.8 Å². The monoisotopic (exact) mass is 1500 g/mol. The van der Waals surface area contributed by atoms with E-state index in [2.05, 4.69) is 48.2 Å². The zero-order valence-corrected chi connectivity index (χ0v) is 42.0. The first-order valence-corrected chi connectivity index (χ1v) is 20.0. The fourth-order valence-electron chi connectivity index (χ4n) is 4.09. The molecule has 0 atom stereocenters. The van der Waals surface area contributed by atoms with Gasteiger partial charge < -0.3 is 19.7 Å². The van der Waals surface area contributed by atoms with E-state index in [0.717, 1.165) is 0 Å². The molecule has 3 aromatic rings. The minimum atomic E-state index is -6.88. The van der Waals surface area contributed by atoms with Gasteiger partial charge in [0.1, 0.15) is 13.2 Å². The molecule has 0 unspecified atom stereocenters. The maximum atomic E-state index is 13.8. The van der Waals surface area contributed by atoms with Gasteiger partial charge in [0, 0.05) is 31.1 Å². The number of aliphatic hydroxyl groups is 2. The maximum Gasteiger partial charge on any atom is 0 e. The molecule has 0 saturated heterocycles. The summed E-state index contributed by atoms with van der Waals surface area (Å²) in [6.45, 7) is -2.05. The largest absolute Gasteiger partial charge is 0 e. The summed E-state index contributed by atoms with van der Waals surface area (Å²) in [6.07, 6.45) is -46.7. The van der Waals surface area contributed by atoms with Gasteiger partial charge in [0.15, 0.2) is 71.3 Å². The molecule has 0 heterocycles. The van der Waals surface area contributed by atoms with Crippen molar-refractivity contribution in [3.8, 4) is 11.5 Å². The molecule has 3 rings (SSSR count). The van der Waals surface area contributed by atoms with E-state index in [1.165, 1.54) is 0 Å². The van der Waals surface area contributed by atoms with E-state index < -0.39 is 195 Å². The van der Waals surface area contributed by atoms with Crippen LogP contribution in [0.25, 0.3) is 18.2 Å². The van der Waals surface area contributed by atoms with Crippen LogP contribution in [-0.2, 0) is 34.9 Å². The van der Waals surface area contributed by atoms with E-state index in [0.29, 0.717) is 6.08 Å². The van der Waals surface area contributed by atoms with Crippen molar-refractivity contribution in [3.63, 3.8) is 0 Å². The Kier molecular flexibility index (Phi) is 27.7. The number of alkyl halides is 16. The molecule has 451 valence electrons. The first-order valence-electron chi connectivity index (χ1n) is 17.9. The topological polar surface area (TPSA) is 95.8 Å². The number of aliphatic hydroxyl groups excluding tert-OH is 2. The number of benzene rings is 3. The molecule has 0 aromatic heterocycles. The minimum Gasteiger partial charge on any atom is 0 e. The second kappa shape index (κ2) is 28.5. The van der Waals surface area contributed by atoms with Gasteiger partial charge in [-0.1, -0.05) is 38.0 Å². The molecule has 43 heteroatoms. The van der Waals surface area contributed by atoms with E-state index in [4.69, 9.17) is 10.2 Å². The molecule has 0 aliphatic rings. The van der Waals surface area contributed by atoms with E-state index in [1.807, 2.05) is 0 Å². The summed E-state index contributed by atoms with van der Waals surface area (Å²) in [5.41, 5.74) is -3.93. The molecule has 0 fully saturated rings. The summed E-state index contributed by atoms with van der Waals surface area (Å²) in [7, 11) is 0. The van der Waals surface area contributed by atoms with Crippen LogP contribution in [0, 0.1) is 107 Å². The van der Waals surface area contributed by atoms with Crippen molar-refractivity contribution >= 4 is 18.2 Å². The quantitative estimate of drug-likeness (QED) is 0.0619. The van der Waals surface area contributed by atoms with Crippen molar-refractivity contribution in [3.05, 3.63) is 112 Å². The van der Waals surface area contributed by atoms with Crippen LogP contribution in [0.2, 0.25) is 0 Å². The van der Waals surface area contributed by atoms with Gasteiger partial charge in [-0.15, -0.1) is 0 Å². The van der Waals surface area contributed by atoms with Crippen LogP contribution in [0.5, 0.6) is 11.5 Å². The van der Waals surface area contributed by atoms with Gasteiger partial charge in [-0.05, 0) is 0 Å². The fourth-order valence-corrected chi connectivity index (χ4v) is 4.09. The van der Waals surface area contributed by atoms with Crippen LogP contribution in [0.1, 0.15) is 16.7 Å². The number of ether oxygens (including phenoxy) is 6. The standard InChI is InChI=1S/C22H10F16O4.C8H3F5.C6H6F8O4.4FH.U.V/c1-3-7-9(23)13(27)17(14(28)10(7)24)39-5-19(31,32)41-21(35,36)22(37,38)42-20(33,34)6-40-18-15(29)11(25)8(4-2)12(26)16(18)30;1-2-3-4(9)6(11)8(13)7(12)5(3)10;7-3(8,1-15)17-5(11,12)6(13,14)18-4(9,10)2-16;;;;;;/h3-4H,1-2,5-6H2;2H,1H2;15-16H,1-2H2;4*1H;;/q;;;;;;;;+4/p-4. The van der Waals surface area contributed by atoms with E-state index in [-0.39, 0.29) is 43.3 Å². The Morgan fingerprint density at radius 1 is 0.329 bits per heavy atom. The van der Waals surface area contributed by atoms with Crippen LogP contribution in [0.4, 0.5) is 141 Å². The third-order valence-corrected chi connectivity index (χ3v) is 7.30. The van der Waals surface area contributed by atoms with Crippen molar-refractivity contribution in [1.29, 1.82) is 0 Å². The van der Waals surface area contributed by atoms with E-state index in [1.54, 1.807) is 0 Å². The molecule has 0 bridgehead atoms. The number of halogens is 33. The van der Waals surface area contributed by atoms with Crippen molar-refractivity contribution in [1.82, 2.24) is 0 Å². The van der Waals surface area contributed by atoms with E-state index >= 15 is 0 Å². The van der Waals surface area contributed by atoms with Crippen molar-refractivity contribution in [2.24, 2.45) is 0 Å². The zero-order valence-electron chi connectivity index (χ0n) is 36.4. The van der Waals surface area contributed by atoms with Gasteiger partial charge >= 0.3 is 78.5 Å². The van der Waals surface area contributed by atoms with Crippen molar-refractivity contribution < 1.29 is 227 Å². The molecular formula is C36H19F33O8UV. The summed E-state index contributed by atoms with van der Waals surface area (Å²) in [5, 5.41) is 15.6. The zero-order chi connectivity index (χ0) is 62.1. The molecule has 2 N–H and O–H groups in total. The summed E-state index contributed by atoms with van der Waals surface area (Å²) < 4.78 is 436. The predicted molar refractivity (Wildman–Crippen MR) is 183 cm³/mol. The van der Waals surface area contributed by atoms with Gasteiger partial charge in [-0.25, -0.2) is 58.5 Å². The molecular weight excluding hydrogens is 1480 g/mol. The van der Waals surface area contributed by atoms with Crippen LogP contribution < -0.4 is 9.47 Å². The Bertz CT molecular complexity index is 2370. The van der Waals surface area contributed by atoms with Crippen LogP contribution in [0.3, 0.4) is 0 Å². The molecule has 0 radical (unpaired) electrons. The maximum absolute atomic E-state index is 13.8. The molecule has 0 aliphatic carbocycles. The Morgan fingerprint density at radius 2 is 0.494 bits per heavy atom. The second-order valence-electron chi connectivity index (χ2n) is 12.9. The minimum absolute atomic E-state index is 0. The van der Waals surface area contributed by atoms with Crippen LogP contribution in [-0.4, -0.2) is 85.5 Å². The van der Waals surface area contributed by atoms with Crippen molar-refractivity contribution in [2.75, 3.05) is 26.4 Å². The third kappa shape index (κ3) is 21.1. The van der Waals surface area contributed by atoms with E-state index in [9.17, 15) is 141 Å². The average Bonchev–Trinajstić information content (AvgIpc) is 3.28. The second-order valence-corrected chi connectivity index (χ2v) is 14.1. The fraction of sp³-hybridized carbons (Fsp3) is 0.333. The number of hydrogen-bond donors (Lipinski definition) is 2. The van der Waals surface area contributed by atoms with Gasteiger partial charge in [0.05, 0.1) is 16.7 Å². The summed E-state index contributed by atoms with van der Waals surface area (Å²) in [4.78, 5) is 0. The number of hydrogen-bond acceptors (Lipinski definition) is 8. The SMILES string of the molecule is C=Cc1c(F)c(F)c(F)c(F)c1F.C=Cc1c(F)c(F)c(OCC(F)(F)OC(F)(F)C(F)(F)OC(F)(F)COc2c(F)c(F)c(C=C)c(F)c2F)c(F)c1F.OCC(F)(F)OC(F)(F)C(F)(F)OC(F)(F)CO.[F][V]([F])([F])[F].[U]. The van der Waals surface area contributed by atoms with Crippen molar-refractivity contribution in [2.45, 2.75) is 48.9 Å². The predicted octanol–water partition coefficient (Wildman–Crippen LogP) is 14.0. The van der Waals surface area contributed by atoms with Gasteiger partial charge in [0.25, 0.3) is 0 Å². The molecule has 0 saturated carbocycles. The molecule has 8 nitrogen and oxygen atoms in total. The first kappa shape index (κ1) is 76.6. The Hall–Kier alpha value is -4.43. The number of rotatable bonds is 21. The van der Waals surface area contributed by atoms with Gasteiger partial charge in [-0.3, -0.25) is 0 Å². The third-order valence-electron chi connectivity index (χ3n) is 7.30. The molecule has 0 aliphatic heterocycles. The molecule has 3 aromatic carbocycles. The summed E-state index contributed by atoms with van der Waals surface area (Å²) >= 11 is -6.88. The average molecular weight is 1500 g/mol. The first-order chi connectivity index (χ1) is 34.8. The molecule has 79 heavy (non-hydrogen) atoms. The smallest absolute Gasteiger partial charge is 0 e. The van der Waals surface area contributed by atoms with Gasteiger partial charge in [0.2, 0.25) is 29.1 Å². The normalized spacial score (nSPS) is 12.7.